The predicted octanol–water partition coefficient (Wildman–Crippen LogP) is 4.50. The van der Waals surface area contributed by atoms with Crippen molar-refractivity contribution in [3.05, 3.63) is 59.3 Å². The molecule has 1 N–H and O–H groups in total. The van der Waals surface area contributed by atoms with Crippen LogP contribution in [-0.2, 0) is 4.79 Å². The molecule has 22 heavy (non-hydrogen) atoms. The van der Waals surface area contributed by atoms with E-state index < -0.39 is 5.82 Å². The third-order valence-electron chi connectivity index (χ3n) is 3.90. The number of benzene rings is 1. The molecule has 0 spiro atoms. The van der Waals surface area contributed by atoms with Gasteiger partial charge in [0, 0.05) is 12.0 Å². The van der Waals surface area contributed by atoms with Crippen molar-refractivity contribution in [2.45, 2.75) is 26.2 Å². The van der Waals surface area contributed by atoms with Crippen LogP contribution in [0.4, 0.5) is 10.1 Å². The van der Waals surface area contributed by atoms with E-state index in [1.165, 1.54) is 12.1 Å². The van der Waals surface area contributed by atoms with Gasteiger partial charge >= 0.3 is 0 Å². The minimum Gasteiger partial charge on any atom is -0.461 e. The summed E-state index contributed by atoms with van der Waals surface area (Å²) in [5, 5.41) is 2.53. The van der Waals surface area contributed by atoms with Crippen LogP contribution in [0, 0.1) is 18.7 Å². The first-order valence-corrected chi connectivity index (χ1v) is 7.38. The fourth-order valence-corrected chi connectivity index (χ4v) is 2.44. The predicted molar refractivity (Wildman–Crippen MR) is 84.0 cm³/mol. The number of amides is 1. The molecule has 1 fully saturated rings. The van der Waals surface area contributed by atoms with Crippen molar-refractivity contribution in [3.63, 3.8) is 0 Å². The van der Waals surface area contributed by atoms with Crippen molar-refractivity contribution in [1.29, 1.82) is 0 Å². The molecule has 0 saturated heterocycles. The number of carbonyl (C=O) groups is 1. The summed E-state index contributed by atoms with van der Waals surface area (Å²) in [5.74, 6) is 1.96. The van der Waals surface area contributed by atoms with Crippen molar-refractivity contribution in [3.8, 4) is 0 Å². The lowest BCUT2D eigenvalue weighted by molar-refractivity contribution is -0.111. The average Bonchev–Trinajstić information content (AvgIpc) is 3.02. The normalized spacial score (nSPS) is 20.3. The molecule has 0 bridgehead atoms. The second-order valence-corrected chi connectivity index (χ2v) is 5.87. The van der Waals surface area contributed by atoms with Gasteiger partial charge in [-0.2, -0.15) is 0 Å². The van der Waals surface area contributed by atoms with E-state index in [1.807, 2.05) is 19.1 Å². The number of carbonyl (C=O) groups excluding carboxylic acids is 1. The van der Waals surface area contributed by atoms with E-state index in [4.69, 9.17) is 4.42 Å². The van der Waals surface area contributed by atoms with Gasteiger partial charge in [0.15, 0.2) is 0 Å². The van der Waals surface area contributed by atoms with Gasteiger partial charge in [-0.1, -0.05) is 13.0 Å². The van der Waals surface area contributed by atoms with Crippen LogP contribution in [0.5, 0.6) is 0 Å². The van der Waals surface area contributed by atoms with Crippen LogP contribution >= 0.6 is 0 Å². The zero-order chi connectivity index (χ0) is 15.7. The molecule has 2 aromatic rings. The van der Waals surface area contributed by atoms with Gasteiger partial charge in [-0.05, 0) is 55.2 Å². The molecular weight excluding hydrogens is 281 g/mol. The first kappa shape index (κ1) is 14.6. The minimum absolute atomic E-state index is 0.182. The highest BCUT2D eigenvalue weighted by Crippen LogP contribution is 2.47. The molecule has 1 aliphatic rings. The maximum absolute atomic E-state index is 13.6. The van der Waals surface area contributed by atoms with Gasteiger partial charge in [-0.15, -0.1) is 0 Å². The molecule has 1 aliphatic carbocycles. The molecule has 1 aromatic heterocycles. The Labute approximate surface area is 128 Å². The smallest absolute Gasteiger partial charge is 0.248 e. The second kappa shape index (κ2) is 5.79. The average molecular weight is 299 g/mol. The second-order valence-electron chi connectivity index (χ2n) is 5.87. The molecule has 2 unspecified atom stereocenters. The summed E-state index contributed by atoms with van der Waals surface area (Å²) in [5.41, 5.74) is 1.07. The number of halogens is 1. The molecule has 3 rings (SSSR count). The van der Waals surface area contributed by atoms with Gasteiger partial charge in [-0.25, -0.2) is 4.39 Å². The Bertz CT molecular complexity index is 732. The molecule has 1 aromatic carbocycles. The molecule has 0 aliphatic heterocycles. The Hall–Kier alpha value is -2.36. The topological polar surface area (TPSA) is 42.2 Å². The van der Waals surface area contributed by atoms with E-state index in [-0.39, 0.29) is 11.6 Å². The van der Waals surface area contributed by atoms with Gasteiger partial charge in [0.2, 0.25) is 5.91 Å². The third-order valence-corrected chi connectivity index (χ3v) is 3.90. The summed E-state index contributed by atoms with van der Waals surface area (Å²) in [4.78, 5) is 11.8. The lowest BCUT2D eigenvalue weighted by Crippen LogP contribution is -2.09. The number of hydrogen-bond donors (Lipinski definition) is 1. The van der Waals surface area contributed by atoms with Crippen LogP contribution in [0.25, 0.3) is 6.08 Å². The molecule has 2 atom stereocenters. The van der Waals surface area contributed by atoms with Gasteiger partial charge in [0.25, 0.3) is 0 Å². The number of anilines is 1. The molecule has 4 heteroatoms. The molecule has 1 amide bonds. The van der Waals surface area contributed by atoms with Crippen LogP contribution in [0.1, 0.15) is 36.3 Å². The molecule has 1 saturated carbocycles. The molecular formula is C18H18FNO2. The summed E-state index contributed by atoms with van der Waals surface area (Å²) < 4.78 is 19.3. The van der Waals surface area contributed by atoms with E-state index in [0.29, 0.717) is 17.6 Å². The maximum atomic E-state index is 13.6. The van der Waals surface area contributed by atoms with Crippen molar-refractivity contribution in [1.82, 2.24) is 0 Å². The number of furan rings is 1. The monoisotopic (exact) mass is 299 g/mol. The highest BCUT2D eigenvalue weighted by Gasteiger charge is 2.36. The summed E-state index contributed by atoms with van der Waals surface area (Å²) in [6.45, 7) is 4.03. The summed E-state index contributed by atoms with van der Waals surface area (Å²) in [7, 11) is 0. The highest BCUT2D eigenvalue weighted by atomic mass is 19.1. The van der Waals surface area contributed by atoms with E-state index >= 15 is 0 Å². The van der Waals surface area contributed by atoms with Gasteiger partial charge < -0.3 is 9.73 Å². The zero-order valence-corrected chi connectivity index (χ0v) is 12.6. The SMILES string of the molecule is Cc1ccc(F)c(NC(=O)/C=C/c2ccc(C3CC3C)o2)c1. The van der Waals surface area contributed by atoms with Crippen molar-refractivity contribution in [2.75, 3.05) is 5.32 Å². The number of aryl methyl sites for hydroxylation is 1. The van der Waals surface area contributed by atoms with E-state index in [0.717, 1.165) is 17.7 Å². The fraction of sp³-hybridized carbons (Fsp3) is 0.278. The van der Waals surface area contributed by atoms with Gasteiger partial charge in [-0.3, -0.25) is 4.79 Å². The maximum Gasteiger partial charge on any atom is 0.248 e. The zero-order valence-electron chi connectivity index (χ0n) is 12.6. The fourth-order valence-electron chi connectivity index (χ4n) is 2.44. The Morgan fingerprint density at radius 2 is 2.14 bits per heavy atom. The largest absolute Gasteiger partial charge is 0.461 e. The molecule has 114 valence electrons. The quantitative estimate of drug-likeness (QED) is 0.844. The van der Waals surface area contributed by atoms with Crippen molar-refractivity contribution in [2.24, 2.45) is 5.92 Å². The summed E-state index contributed by atoms with van der Waals surface area (Å²) in [6.07, 6.45) is 4.10. The Kier molecular flexibility index (Phi) is 3.84. The minimum atomic E-state index is -0.449. The molecule has 0 radical (unpaired) electrons. The number of nitrogens with one attached hydrogen (secondary N) is 1. The van der Waals surface area contributed by atoms with E-state index in [2.05, 4.69) is 12.2 Å². The van der Waals surface area contributed by atoms with Crippen LogP contribution < -0.4 is 5.32 Å². The van der Waals surface area contributed by atoms with Crippen molar-refractivity contribution >= 4 is 17.7 Å². The van der Waals surface area contributed by atoms with Gasteiger partial charge in [0.1, 0.15) is 17.3 Å². The first-order chi connectivity index (χ1) is 10.5. The lowest BCUT2D eigenvalue weighted by atomic mass is 10.2. The Morgan fingerprint density at radius 1 is 1.36 bits per heavy atom. The number of hydrogen-bond acceptors (Lipinski definition) is 2. The first-order valence-electron chi connectivity index (χ1n) is 7.38. The molecule has 3 nitrogen and oxygen atoms in total. The highest BCUT2D eigenvalue weighted by molar-refractivity contribution is 6.01. The third kappa shape index (κ3) is 3.27. The Balaban J connectivity index is 1.63. The van der Waals surface area contributed by atoms with Gasteiger partial charge in [0.05, 0.1) is 5.69 Å². The van der Waals surface area contributed by atoms with Crippen molar-refractivity contribution < 1.29 is 13.6 Å². The van der Waals surface area contributed by atoms with Crippen LogP contribution in [0.3, 0.4) is 0 Å². The molecule has 1 heterocycles. The Morgan fingerprint density at radius 3 is 2.86 bits per heavy atom. The van der Waals surface area contributed by atoms with Crippen LogP contribution in [0.15, 0.2) is 40.8 Å². The van der Waals surface area contributed by atoms with Crippen LogP contribution in [0.2, 0.25) is 0 Å². The lowest BCUT2D eigenvalue weighted by Gasteiger charge is -2.04. The summed E-state index contributed by atoms with van der Waals surface area (Å²) >= 11 is 0. The van der Waals surface area contributed by atoms with E-state index in [9.17, 15) is 9.18 Å². The standard InChI is InChI=1S/C18H18FNO2/c1-11-3-6-15(19)16(9-11)20-18(21)8-5-13-4-7-17(22-13)14-10-12(14)2/h3-9,12,14H,10H2,1-2H3,(H,20,21)/b8-5+. The summed E-state index contributed by atoms with van der Waals surface area (Å²) in [6, 6.07) is 8.39. The van der Waals surface area contributed by atoms with Crippen LogP contribution in [-0.4, -0.2) is 5.91 Å². The number of rotatable bonds is 4. The van der Waals surface area contributed by atoms with E-state index in [1.54, 1.807) is 18.2 Å².